The van der Waals surface area contributed by atoms with Gasteiger partial charge in [0.2, 0.25) is 11.9 Å². The molecule has 29 heavy (non-hydrogen) atoms. The Bertz CT molecular complexity index is 960. The highest BCUT2D eigenvalue weighted by atomic mass is 16.5. The van der Waals surface area contributed by atoms with Gasteiger partial charge in [0.05, 0.1) is 25.3 Å². The van der Waals surface area contributed by atoms with Crippen molar-refractivity contribution >= 4 is 22.9 Å². The Labute approximate surface area is 170 Å². The maximum absolute atomic E-state index is 12.7. The summed E-state index contributed by atoms with van der Waals surface area (Å²) in [6.07, 6.45) is 1.61. The lowest BCUT2D eigenvalue weighted by molar-refractivity contribution is -0.125. The first-order chi connectivity index (χ1) is 14.2. The minimum absolute atomic E-state index is 0.00670. The van der Waals surface area contributed by atoms with Crippen LogP contribution in [0.4, 0.5) is 5.95 Å². The molecular weight excluding hydrogens is 368 g/mol. The monoisotopic (exact) mass is 394 g/mol. The fraction of sp³-hybridized carbons (Fsp3) is 0.364. The van der Waals surface area contributed by atoms with Crippen molar-refractivity contribution in [3.05, 3.63) is 48.0 Å². The topological polar surface area (TPSA) is 79.5 Å². The van der Waals surface area contributed by atoms with Gasteiger partial charge in [-0.05, 0) is 43.2 Å². The van der Waals surface area contributed by atoms with Crippen molar-refractivity contribution in [3.63, 3.8) is 0 Å². The van der Waals surface area contributed by atoms with E-state index in [1.165, 1.54) is 0 Å². The van der Waals surface area contributed by atoms with Gasteiger partial charge in [-0.15, -0.1) is 0 Å². The van der Waals surface area contributed by atoms with E-state index in [-0.39, 0.29) is 11.8 Å². The number of piperidine rings is 1. The zero-order chi connectivity index (χ0) is 20.2. The first kappa shape index (κ1) is 19.1. The van der Waals surface area contributed by atoms with E-state index < -0.39 is 0 Å². The lowest BCUT2D eigenvalue weighted by atomic mass is 9.96. The molecule has 0 bridgehead atoms. The molecule has 3 aromatic rings. The maximum Gasteiger partial charge on any atom is 0.223 e. The molecule has 2 aromatic carbocycles. The average molecular weight is 394 g/mol. The number of hydrogen-bond donors (Lipinski definition) is 2. The third-order valence-electron chi connectivity index (χ3n) is 5.48. The van der Waals surface area contributed by atoms with Gasteiger partial charge in [0.15, 0.2) is 0 Å². The number of nitrogens with zero attached hydrogens (tertiary/aromatic N) is 2. The molecule has 0 atom stereocenters. The van der Waals surface area contributed by atoms with Crippen LogP contribution in [0.2, 0.25) is 0 Å². The van der Waals surface area contributed by atoms with Crippen LogP contribution in [0.3, 0.4) is 0 Å². The van der Waals surface area contributed by atoms with Crippen molar-refractivity contribution in [1.82, 2.24) is 15.3 Å². The Kier molecular flexibility index (Phi) is 5.55. The van der Waals surface area contributed by atoms with Gasteiger partial charge in [-0.25, -0.2) is 4.98 Å². The Balaban J connectivity index is 1.33. The van der Waals surface area contributed by atoms with Gasteiger partial charge >= 0.3 is 0 Å². The first-order valence-electron chi connectivity index (χ1n) is 9.86. The third-order valence-corrected chi connectivity index (χ3v) is 5.48. The Morgan fingerprint density at radius 3 is 2.69 bits per heavy atom. The molecule has 7 heteroatoms. The lowest BCUT2D eigenvalue weighted by Crippen LogP contribution is -2.40. The van der Waals surface area contributed by atoms with Crippen LogP contribution in [-0.4, -0.2) is 43.2 Å². The second kappa shape index (κ2) is 8.43. The lowest BCUT2D eigenvalue weighted by Gasteiger charge is -2.31. The molecule has 0 spiro atoms. The summed E-state index contributed by atoms with van der Waals surface area (Å²) in [6.45, 7) is 2.03. The third kappa shape index (κ3) is 4.13. The number of methoxy groups -OCH3 is 2. The number of aromatic nitrogens is 2. The van der Waals surface area contributed by atoms with Crippen molar-refractivity contribution in [2.45, 2.75) is 19.4 Å². The van der Waals surface area contributed by atoms with Gasteiger partial charge in [0.25, 0.3) is 0 Å². The number of rotatable bonds is 6. The van der Waals surface area contributed by atoms with Crippen LogP contribution in [0, 0.1) is 5.92 Å². The summed E-state index contributed by atoms with van der Waals surface area (Å²) in [5.74, 6) is 2.46. The molecule has 7 nitrogen and oxygen atoms in total. The number of nitrogens with one attached hydrogen (secondary N) is 2. The Morgan fingerprint density at radius 2 is 1.97 bits per heavy atom. The van der Waals surface area contributed by atoms with Crippen LogP contribution in [0.5, 0.6) is 11.5 Å². The minimum Gasteiger partial charge on any atom is -0.497 e. The number of carbonyl (C=O) groups excluding carboxylic acids is 1. The molecule has 1 aliphatic rings. The second-order valence-electron chi connectivity index (χ2n) is 7.23. The van der Waals surface area contributed by atoms with Crippen LogP contribution in [-0.2, 0) is 11.3 Å². The highest BCUT2D eigenvalue weighted by Crippen LogP contribution is 2.26. The molecule has 0 saturated carbocycles. The first-order valence-corrected chi connectivity index (χ1v) is 9.86. The van der Waals surface area contributed by atoms with E-state index in [0.29, 0.717) is 6.54 Å². The molecule has 4 rings (SSSR count). The number of fused-ring (bicyclic) bond motifs is 1. The molecule has 2 N–H and O–H groups in total. The quantitative estimate of drug-likeness (QED) is 0.672. The van der Waals surface area contributed by atoms with Gasteiger partial charge < -0.3 is 24.7 Å². The average Bonchev–Trinajstić information content (AvgIpc) is 3.21. The van der Waals surface area contributed by atoms with E-state index in [9.17, 15) is 4.79 Å². The van der Waals surface area contributed by atoms with Crippen molar-refractivity contribution in [3.8, 4) is 11.5 Å². The molecule has 1 aliphatic heterocycles. The minimum atomic E-state index is 0.00670. The van der Waals surface area contributed by atoms with Crippen LogP contribution in [0.15, 0.2) is 42.5 Å². The van der Waals surface area contributed by atoms with Crippen LogP contribution < -0.4 is 19.7 Å². The molecule has 1 aromatic heterocycles. The summed E-state index contributed by atoms with van der Waals surface area (Å²) < 4.78 is 10.7. The summed E-state index contributed by atoms with van der Waals surface area (Å²) in [5, 5.41) is 3.05. The highest BCUT2D eigenvalue weighted by molar-refractivity contribution is 5.79. The zero-order valence-corrected chi connectivity index (χ0v) is 16.8. The number of carbonyl (C=O) groups is 1. The predicted molar refractivity (Wildman–Crippen MR) is 112 cm³/mol. The number of benzene rings is 2. The fourth-order valence-corrected chi connectivity index (χ4v) is 3.79. The summed E-state index contributed by atoms with van der Waals surface area (Å²) >= 11 is 0. The van der Waals surface area contributed by atoms with E-state index in [0.717, 1.165) is 60.0 Å². The number of imidazole rings is 1. The molecule has 1 amide bonds. The summed E-state index contributed by atoms with van der Waals surface area (Å²) in [7, 11) is 3.25. The zero-order valence-electron chi connectivity index (χ0n) is 16.8. The predicted octanol–water partition coefficient (Wildman–Crippen LogP) is 3.11. The van der Waals surface area contributed by atoms with Gasteiger partial charge in [0, 0.05) is 31.1 Å². The normalized spacial score (nSPS) is 14.8. The standard InChI is InChI=1S/C22H26N4O3/c1-28-17-7-8-20(29-2)16(13-17)14-23-21(27)15-9-11-26(12-10-15)22-24-18-5-3-4-6-19(18)25-22/h3-8,13,15H,9-12,14H2,1-2H3,(H,23,27)(H,24,25). The number of aromatic amines is 1. The molecule has 1 fully saturated rings. The smallest absolute Gasteiger partial charge is 0.223 e. The molecule has 0 radical (unpaired) electrons. The SMILES string of the molecule is COc1ccc(OC)c(CNC(=O)C2CCN(c3nc4ccccc4[nH]3)CC2)c1. The van der Waals surface area contributed by atoms with E-state index in [1.54, 1.807) is 14.2 Å². The number of para-hydroxylation sites is 2. The van der Waals surface area contributed by atoms with Crippen molar-refractivity contribution in [1.29, 1.82) is 0 Å². The molecule has 0 aliphatic carbocycles. The number of anilines is 1. The highest BCUT2D eigenvalue weighted by Gasteiger charge is 2.26. The molecule has 152 valence electrons. The van der Waals surface area contributed by atoms with Crippen molar-refractivity contribution < 1.29 is 14.3 Å². The van der Waals surface area contributed by atoms with Crippen LogP contribution in [0.1, 0.15) is 18.4 Å². The van der Waals surface area contributed by atoms with Gasteiger partial charge in [-0.2, -0.15) is 0 Å². The Hall–Kier alpha value is -3.22. The van der Waals surface area contributed by atoms with E-state index in [1.807, 2.05) is 42.5 Å². The van der Waals surface area contributed by atoms with Gasteiger partial charge in [0.1, 0.15) is 11.5 Å². The van der Waals surface area contributed by atoms with Crippen LogP contribution >= 0.6 is 0 Å². The van der Waals surface area contributed by atoms with E-state index in [4.69, 9.17) is 9.47 Å². The second-order valence-corrected chi connectivity index (χ2v) is 7.23. The molecule has 2 heterocycles. The maximum atomic E-state index is 12.7. The number of H-pyrrole nitrogens is 1. The van der Waals surface area contributed by atoms with Crippen molar-refractivity contribution in [2.75, 3.05) is 32.2 Å². The summed E-state index contributed by atoms with van der Waals surface area (Å²) in [6, 6.07) is 13.6. The molecular formula is C22H26N4O3. The summed E-state index contributed by atoms with van der Waals surface area (Å²) in [5.41, 5.74) is 2.91. The summed E-state index contributed by atoms with van der Waals surface area (Å²) in [4.78, 5) is 22.9. The van der Waals surface area contributed by atoms with Gasteiger partial charge in [-0.1, -0.05) is 12.1 Å². The van der Waals surface area contributed by atoms with Crippen molar-refractivity contribution in [2.24, 2.45) is 5.92 Å². The van der Waals surface area contributed by atoms with Crippen LogP contribution in [0.25, 0.3) is 11.0 Å². The Morgan fingerprint density at radius 1 is 1.17 bits per heavy atom. The largest absolute Gasteiger partial charge is 0.497 e. The number of amides is 1. The van der Waals surface area contributed by atoms with E-state index >= 15 is 0 Å². The molecule has 0 unspecified atom stereocenters. The van der Waals surface area contributed by atoms with E-state index in [2.05, 4.69) is 20.2 Å². The molecule has 1 saturated heterocycles. The number of ether oxygens (including phenoxy) is 2. The number of hydrogen-bond acceptors (Lipinski definition) is 5. The van der Waals surface area contributed by atoms with Gasteiger partial charge in [-0.3, -0.25) is 4.79 Å². The fourth-order valence-electron chi connectivity index (χ4n) is 3.79.